The number of rotatable bonds is 5. The van der Waals surface area contributed by atoms with Gasteiger partial charge in [-0.1, -0.05) is 41.4 Å². The monoisotopic (exact) mass is 444 g/mol. The molecule has 2 heterocycles. The van der Waals surface area contributed by atoms with Crippen LogP contribution in [0.3, 0.4) is 0 Å². The average molecular weight is 445 g/mol. The smallest absolute Gasteiger partial charge is 0.258 e. The van der Waals surface area contributed by atoms with Crippen LogP contribution < -0.4 is 5.32 Å². The van der Waals surface area contributed by atoms with Crippen LogP contribution in [0.1, 0.15) is 34.8 Å². The van der Waals surface area contributed by atoms with E-state index >= 15 is 0 Å². The molecular weight excluding hydrogens is 423 g/mol. The second-order valence-corrected chi connectivity index (χ2v) is 8.20. The van der Waals surface area contributed by atoms with Gasteiger partial charge in [-0.2, -0.15) is 5.10 Å². The third kappa shape index (κ3) is 4.61. The zero-order chi connectivity index (χ0) is 21.1. The topological polar surface area (TPSA) is 70.4 Å². The number of nitrogens with zero attached hydrogens (tertiary/aromatic N) is 3. The van der Waals surface area contributed by atoms with Gasteiger partial charge in [0.2, 0.25) is 0 Å². The van der Waals surface area contributed by atoms with Crippen molar-refractivity contribution in [3.63, 3.8) is 0 Å². The Labute approximate surface area is 185 Å². The number of amides is 1. The van der Waals surface area contributed by atoms with Crippen molar-refractivity contribution >= 4 is 34.9 Å². The minimum Gasteiger partial charge on any atom is -0.506 e. The van der Waals surface area contributed by atoms with Crippen LogP contribution in [0.5, 0.6) is 5.75 Å². The van der Waals surface area contributed by atoms with E-state index in [2.05, 4.69) is 15.3 Å². The largest absolute Gasteiger partial charge is 0.506 e. The molecule has 1 fully saturated rings. The zero-order valence-corrected chi connectivity index (χ0v) is 17.8. The second-order valence-electron chi connectivity index (χ2n) is 7.39. The number of hydrogen-bond donors (Lipinski definition) is 2. The second kappa shape index (κ2) is 9.08. The van der Waals surface area contributed by atoms with Crippen molar-refractivity contribution in [1.29, 1.82) is 0 Å². The number of anilines is 1. The normalized spacial score (nSPS) is 15.3. The van der Waals surface area contributed by atoms with Gasteiger partial charge in [-0.25, -0.2) is 4.68 Å². The number of phenolic OH excluding ortho intramolecular Hbond substituents is 1. The minimum atomic E-state index is -0.246. The fraction of sp³-hybridized carbons (Fsp3) is 0.273. The van der Waals surface area contributed by atoms with E-state index in [0.29, 0.717) is 21.4 Å². The molecule has 1 aromatic heterocycles. The molecule has 1 saturated heterocycles. The molecular formula is C22H22Cl2N4O2. The van der Waals surface area contributed by atoms with Crippen molar-refractivity contribution in [2.24, 2.45) is 0 Å². The summed E-state index contributed by atoms with van der Waals surface area (Å²) in [5.74, 6) is 0.525. The van der Waals surface area contributed by atoms with Crippen LogP contribution >= 0.6 is 23.2 Å². The number of piperidine rings is 1. The Morgan fingerprint density at radius 1 is 1.10 bits per heavy atom. The van der Waals surface area contributed by atoms with Crippen molar-refractivity contribution in [1.82, 2.24) is 14.7 Å². The maximum Gasteiger partial charge on any atom is 0.258 e. The van der Waals surface area contributed by atoms with E-state index in [4.69, 9.17) is 23.2 Å². The highest BCUT2D eigenvalue weighted by molar-refractivity contribution is 6.34. The van der Waals surface area contributed by atoms with E-state index in [9.17, 15) is 9.90 Å². The van der Waals surface area contributed by atoms with Crippen molar-refractivity contribution < 1.29 is 9.90 Å². The number of carbonyl (C=O) groups excluding carboxylic acids is 1. The van der Waals surface area contributed by atoms with Gasteiger partial charge in [-0.05, 0) is 42.7 Å². The molecule has 0 spiro atoms. The van der Waals surface area contributed by atoms with Gasteiger partial charge < -0.3 is 10.4 Å². The van der Waals surface area contributed by atoms with Crippen molar-refractivity contribution in [3.8, 4) is 5.75 Å². The molecule has 2 aromatic carbocycles. The van der Waals surface area contributed by atoms with E-state index in [1.54, 1.807) is 48.7 Å². The molecule has 0 aliphatic carbocycles. The van der Waals surface area contributed by atoms with E-state index in [-0.39, 0.29) is 17.7 Å². The molecule has 1 aliphatic heterocycles. The molecule has 156 valence electrons. The number of hydrogen-bond acceptors (Lipinski definition) is 4. The lowest BCUT2D eigenvalue weighted by atomic mass is 10.0. The highest BCUT2D eigenvalue weighted by Gasteiger charge is 2.24. The maximum absolute atomic E-state index is 12.6. The van der Waals surface area contributed by atoms with Crippen LogP contribution in [0.2, 0.25) is 10.0 Å². The Kier molecular flexibility index (Phi) is 6.27. The van der Waals surface area contributed by atoms with Crippen molar-refractivity contribution in [2.75, 3.05) is 18.4 Å². The minimum absolute atomic E-state index is 0.101. The first-order chi connectivity index (χ1) is 14.5. The zero-order valence-electron chi connectivity index (χ0n) is 16.3. The molecule has 2 N–H and O–H groups in total. The van der Waals surface area contributed by atoms with Crippen LogP contribution in [0.4, 0.5) is 5.82 Å². The Hall–Kier alpha value is -2.54. The maximum atomic E-state index is 12.6. The number of aromatic nitrogens is 2. The third-order valence-corrected chi connectivity index (χ3v) is 5.98. The van der Waals surface area contributed by atoms with Gasteiger partial charge in [0, 0.05) is 25.7 Å². The van der Waals surface area contributed by atoms with Crippen LogP contribution in [-0.2, 0) is 6.54 Å². The molecule has 0 unspecified atom stereocenters. The fourth-order valence-corrected chi connectivity index (χ4v) is 4.19. The Morgan fingerprint density at radius 3 is 2.60 bits per heavy atom. The average Bonchev–Trinajstić information content (AvgIpc) is 3.19. The molecule has 0 radical (unpaired) electrons. The van der Waals surface area contributed by atoms with Crippen LogP contribution in [0.15, 0.2) is 54.7 Å². The molecule has 6 nitrogen and oxygen atoms in total. The van der Waals surface area contributed by atoms with E-state index in [1.807, 2.05) is 10.7 Å². The van der Waals surface area contributed by atoms with Gasteiger partial charge in [0.05, 0.1) is 27.8 Å². The van der Waals surface area contributed by atoms with Crippen molar-refractivity contribution in [3.05, 3.63) is 75.9 Å². The van der Waals surface area contributed by atoms with Crippen LogP contribution in [-0.4, -0.2) is 38.8 Å². The standard InChI is InChI=1S/C22H22Cl2N4O2/c23-18-4-2-1-3-17(18)22(30)26-21-7-10-25-28(21)16-8-11-27(12-9-16)14-15-5-6-20(29)19(24)13-15/h1-7,10,13,16,29H,8-9,11-12,14H2,(H,26,30). The first kappa shape index (κ1) is 20.7. The quantitative estimate of drug-likeness (QED) is 0.581. The molecule has 0 bridgehead atoms. The number of benzene rings is 2. The lowest BCUT2D eigenvalue weighted by Crippen LogP contribution is -2.35. The van der Waals surface area contributed by atoms with Gasteiger partial charge >= 0.3 is 0 Å². The Morgan fingerprint density at radius 2 is 1.87 bits per heavy atom. The third-order valence-electron chi connectivity index (χ3n) is 5.35. The first-order valence-electron chi connectivity index (χ1n) is 9.80. The SMILES string of the molecule is O=C(Nc1ccnn1C1CCN(Cc2ccc(O)c(Cl)c2)CC1)c1ccccc1Cl. The van der Waals surface area contributed by atoms with Gasteiger partial charge in [-0.3, -0.25) is 9.69 Å². The molecule has 1 amide bonds. The van der Waals surface area contributed by atoms with Gasteiger partial charge in [-0.15, -0.1) is 0 Å². The summed E-state index contributed by atoms with van der Waals surface area (Å²) in [5.41, 5.74) is 1.51. The molecule has 3 aromatic rings. The number of halogens is 2. The fourth-order valence-electron chi connectivity index (χ4n) is 3.76. The summed E-state index contributed by atoms with van der Waals surface area (Å²) < 4.78 is 1.89. The summed E-state index contributed by atoms with van der Waals surface area (Å²) in [4.78, 5) is 15.0. The number of aromatic hydroxyl groups is 1. The molecule has 0 saturated carbocycles. The van der Waals surface area contributed by atoms with E-state index < -0.39 is 0 Å². The number of nitrogens with one attached hydrogen (secondary N) is 1. The summed E-state index contributed by atoms with van der Waals surface area (Å²) in [6.45, 7) is 2.59. The van der Waals surface area contributed by atoms with Gasteiger partial charge in [0.15, 0.2) is 0 Å². The predicted octanol–water partition coefficient (Wildman–Crippen LogP) is 4.98. The Bertz CT molecular complexity index is 1050. The molecule has 8 heteroatoms. The summed E-state index contributed by atoms with van der Waals surface area (Å²) in [7, 11) is 0. The van der Waals surface area contributed by atoms with E-state index in [0.717, 1.165) is 38.0 Å². The first-order valence-corrected chi connectivity index (χ1v) is 10.6. The lowest BCUT2D eigenvalue weighted by Gasteiger charge is -2.32. The predicted molar refractivity (Wildman–Crippen MR) is 118 cm³/mol. The van der Waals surface area contributed by atoms with Crippen LogP contribution in [0.25, 0.3) is 0 Å². The van der Waals surface area contributed by atoms with Gasteiger partial charge in [0.1, 0.15) is 11.6 Å². The van der Waals surface area contributed by atoms with Crippen LogP contribution in [0, 0.1) is 0 Å². The number of phenols is 1. The summed E-state index contributed by atoms with van der Waals surface area (Å²) in [6.07, 6.45) is 3.54. The lowest BCUT2D eigenvalue weighted by molar-refractivity contribution is 0.102. The highest BCUT2D eigenvalue weighted by Crippen LogP contribution is 2.28. The summed E-state index contributed by atoms with van der Waals surface area (Å²) >= 11 is 12.2. The Balaban J connectivity index is 1.37. The van der Waals surface area contributed by atoms with Gasteiger partial charge in [0.25, 0.3) is 5.91 Å². The molecule has 1 aliphatic rings. The molecule has 0 atom stereocenters. The molecule has 4 rings (SSSR count). The number of likely N-dealkylation sites (tertiary alicyclic amines) is 1. The van der Waals surface area contributed by atoms with Crippen molar-refractivity contribution in [2.45, 2.75) is 25.4 Å². The van der Waals surface area contributed by atoms with E-state index in [1.165, 1.54) is 0 Å². The highest BCUT2D eigenvalue weighted by atomic mass is 35.5. The number of carbonyl (C=O) groups is 1. The summed E-state index contributed by atoms with van der Waals surface area (Å²) in [6, 6.07) is 14.3. The summed E-state index contributed by atoms with van der Waals surface area (Å²) in [5, 5.41) is 17.7. The molecule has 30 heavy (non-hydrogen) atoms.